The molecular formula is C21H29Cl2N3O2. The number of hydrogen-bond donors (Lipinski definition) is 0. The molecule has 0 spiro atoms. The molecule has 0 bridgehead atoms. The van der Waals surface area contributed by atoms with Crippen LogP contribution in [0.2, 0.25) is 10.0 Å². The zero-order chi connectivity index (χ0) is 20.3. The second-order valence-electron chi connectivity index (χ2n) is 7.76. The molecule has 0 N–H and O–H groups in total. The van der Waals surface area contributed by atoms with Crippen molar-refractivity contribution in [1.82, 2.24) is 14.7 Å². The van der Waals surface area contributed by atoms with Crippen LogP contribution in [0.4, 0.5) is 0 Å². The summed E-state index contributed by atoms with van der Waals surface area (Å²) < 4.78 is 0. The molecule has 1 unspecified atom stereocenters. The molecule has 2 heterocycles. The van der Waals surface area contributed by atoms with Gasteiger partial charge in [0, 0.05) is 32.1 Å². The van der Waals surface area contributed by atoms with Crippen LogP contribution in [0.1, 0.15) is 38.7 Å². The Morgan fingerprint density at radius 3 is 2.43 bits per heavy atom. The quantitative estimate of drug-likeness (QED) is 0.725. The number of likely N-dealkylation sites (tertiary alicyclic amines) is 1. The lowest BCUT2D eigenvalue weighted by atomic mass is 10.0. The molecular weight excluding hydrogens is 397 g/mol. The van der Waals surface area contributed by atoms with Gasteiger partial charge in [0.25, 0.3) is 0 Å². The molecule has 2 amide bonds. The van der Waals surface area contributed by atoms with Gasteiger partial charge in [-0.1, -0.05) is 36.2 Å². The highest BCUT2D eigenvalue weighted by molar-refractivity contribution is 6.42. The molecule has 0 aliphatic carbocycles. The molecule has 2 fully saturated rings. The van der Waals surface area contributed by atoms with Gasteiger partial charge in [0.1, 0.15) is 0 Å². The number of halogens is 2. The number of rotatable bonds is 5. The fourth-order valence-corrected chi connectivity index (χ4v) is 4.62. The van der Waals surface area contributed by atoms with Gasteiger partial charge in [0.2, 0.25) is 11.8 Å². The summed E-state index contributed by atoms with van der Waals surface area (Å²) in [6.07, 6.45) is 3.20. The predicted octanol–water partition coefficient (Wildman–Crippen LogP) is 3.47. The van der Waals surface area contributed by atoms with E-state index in [1.54, 1.807) is 12.1 Å². The number of carbonyl (C=O) groups excluding carboxylic acids is 2. The Morgan fingerprint density at radius 1 is 1.07 bits per heavy atom. The first-order valence-electron chi connectivity index (χ1n) is 10.2. The maximum atomic E-state index is 13.2. The van der Waals surface area contributed by atoms with Crippen LogP contribution < -0.4 is 0 Å². The normalized spacial score (nSPS) is 21.8. The van der Waals surface area contributed by atoms with Gasteiger partial charge in [-0.15, -0.1) is 0 Å². The van der Waals surface area contributed by atoms with Crippen LogP contribution in [-0.2, 0) is 16.0 Å². The zero-order valence-corrected chi connectivity index (χ0v) is 18.2. The number of nitrogens with zero attached hydrogens (tertiary/aromatic N) is 3. The minimum atomic E-state index is 0.0117. The molecule has 7 heteroatoms. The van der Waals surface area contributed by atoms with Crippen LogP contribution in [0.15, 0.2) is 18.2 Å². The summed E-state index contributed by atoms with van der Waals surface area (Å²) in [5.74, 6) is 0.244. The van der Waals surface area contributed by atoms with Gasteiger partial charge in [-0.25, -0.2) is 0 Å². The molecule has 28 heavy (non-hydrogen) atoms. The summed E-state index contributed by atoms with van der Waals surface area (Å²) >= 11 is 12.1. The van der Waals surface area contributed by atoms with Gasteiger partial charge < -0.3 is 9.80 Å². The molecule has 154 valence electrons. The van der Waals surface area contributed by atoms with E-state index in [1.165, 1.54) is 12.8 Å². The van der Waals surface area contributed by atoms with E-state index in [9.17, 15) is 9.59 Å². The molecule has 0 radical (unpaired) electrons. The summed E-state index contributed by atoms with van der Waals surface area (Å²) in [7, 11) is 0. The van der Waals surface area contributed by atoms with E-state index < -0.39 is 0 Å². The summed E-state index contributed by atoms with van der Waals surface area (Å²) in [6, 6.07) is 5.58. The molecule has 2 saturated heterocycles. The highest BCUT2D eigenvalue weighted by Gasteiger charge is 2.37. The zero-order valence-electron chi connectivity index (χ0n) is 16.7. The van der Waals surface area contributed by atoms with Gasteiger partial charge in [0.15, 0.2) is 0 Å². The van der Waals surface area contributed by atoms with Crippen LogP contribution >= 0.6 is 23.2 Å². The summed E-state index contributed by atoms with van der Waals surface area (Å²) in [5.41, 5.74) is 0.860. The lowest BCUT2D eigenvalue weighted by Crippen LogP contribution is -2.62. The minimum Gasteiger partial charge on any atom is -0.339 e. The lowest BCUT2D eigenvalue weighted by molar-refractivity contribution is -0.144. The fourth-order valence-electron chi connectivity index (χ4n) is 4.30. The van der Waals surface area contributed by atoms with Gasteiger partial charge in [-0.2, -0.15) is 0 Å². The van der Waals surface area contributed by atoms with Crippen molar-refractivity contribution in [1.29, 1.82) is 0 Å². The highest BCUT2D eigenvalue weighted by atomic mass is 35.5. The molecule has 5 nitrogen and oxygen atoms in total. The van der Waals surface area contributed by atoms with E-state index in [0.717, 1.165) is 18.7 Å². The Hall–Kier alpha value is -1.30. The van der Waals surface area contributed by atoms with Gasteiger partial charge in [-0.05, 0) is 50.6 Å². The molecule has 0 aromatic heterocycles. The SMILES string of the molecule is CCC(=O)N1CCN(C(=O)Cc2ccc(Cl)c(Cl)c2)C([C@H](C)N2CCCC2)C1. The molecule has 2 atom stereocenters. The Kier molecular flexibility index (Phi) is 7.24. The van der Waals surface area contributed by atoms with Crippen molar-refractivity contribution in [2.75, 3.05) is 32.7 Å². The van der Waals surface area contributed by atoms with E-state index in [0.29, 0.717) is 42.5 Å². The van der Waals surface area contributed by atoms with Crippen LogP contribution in [-0.4, -0.2) is 71.3 Å². The number of carbonyl (C=O) groups is 2. The third-order valence-corrected chi connectivity index (χ3v) is 6.75. The van der Waals surface area contributed by atoms with Gasteiger partial charge >= 0.3 is 0 Å². The van der Waals surface area contributed by atoms with Crippen molar-refractivity contribution in [2.24, 2.45) is 0 Å². The molecule has 0 saturated carbocycles. The molecule has 1 aromatic carbocycles. The lowest BCUT2D eigenvalue weighted by Gasteiger charge is -2.46. The summed E-state index contributed by atoms with van der Waals surface area (Å²) in [4.78, 5) is 31.8. The third-order valence-electron chi connectivity index (χ3n) is 6.01. The van der Waals surface area contributed by atoms with Crippen molar-refractivity contribution >= 4 is 35.0 Å². The van der Waals surface area contributed by atoms with Crippen LogP contribution in [0.5, 0.6) is 0 Å². The predicted molar refractivity (Wildman–Crippen MR) is 113 cm³/mol. The first-order valence-corrected chi connectivity index (χ1v) is 10.9. The maximum Gasteiger partial charge on any atom is 0.227 e. The molecule has 1 aromatic rings. The molecule has 2 aliphatic heterocycles. The van der Waals surface area contributed by atoms with Crippen molar-refractivity contribution < 1.29 is 9.59 Å². The number of hydrogen-bond acceptors (Lipinski definition) is 3. The van der Waals surface area contributed by atoms with Crippen molar-refractivity contribution in [2.45, 2.75) is 51.6 Å². The largest absolute Gasteiger partial charge is 0.339 e. The smallest absolute Gasteiger partial charge is 0.227 e. The Labute approximate surface area is 177 Å². The number of amides is 2. The third kappa shape index (κ3) is 4.81. The summed E-state index contributed by atoms with van der Waals surface area (Å²) in [6.45, 7) is 8.00. The number of piperazine rings is 1. The standard InChI is InChI=1S/C21H29Cl2N3O2/c1-3-20(27)25-10-11-26(19(14-25)15(2)24-8-4-5-9-24)21(28)13-16-6-7-17(22)18(23)12-16/h6-7,12,15,19H,3-5,8-11,13-14H2,1-2H3/t15-,19?/m0/s1. The second-order valence-corrected chi connectivity index (χ2v) is 8.57. The van der Waals surface area contributed by atoms with Crippen molar-refractivity contribution in [3.63, 3.8) is 0 Å². The molecule has 2 aliphatic rings. The van der Waals surface area contributed by atoms with Crippen molar-refractivity contribution in [3.05, 3.63) is 33.8 Å². The first kappa shape index (κ1) is 21.4. The maximum absolute atomic E-state index is 13.2. The van der Waals surface area contributed by atoms with Gasteiger partial charge in [-0.3, -0.25) is 14.5 Å². The van der Waals surface area contributed by atoms with Crippen LogP contribution in [0, 0.1) is 0 Å². The number of benzene rings is 1. The van der Waals surface area contributed by atoms with E-state index >= 15 is 0 Å². The van der Waals surface area contributed by atoms with E-state index in [1.807, 2.05) is 22.8 Å². The van der Waals surface area contributed by atoms with E-state index in [-0.39, 0.29) is 23.9 Å². The summed E-state index contributed by atoms with van der Waals surface area (Å²) in [5, 5.41) is 0.956. The van der Waals surface area contributed by atoms with Crippen LogP contribution in [0.3, 0.4) is 0 Å². The van der Waals surface area contributed by atoms with Crippen LogP contribution in [0.25, 0.3) is 0 Å². The Balaban J connectivity index is 1.76. The van der Waals surface area contributed by atoms with E-state index in [2.05, 4.69) is 11.8 Å². The highest BCUT2D eigenvalue weighted by Crippen LogP contribution is 2.25. The van der Waals surface area contributed by atoms with E-state index in [4.69, 9.17) is 23.2 Å². The monoisotopic (exact) mass is 425 g/mol. The topological polar surface area (TPSA) is 43.9 Å². The van der Waals surface area contributed by atoms with Gasteiger partial charge in [0.05, 0.1) is 22.5 Å². The fraction of sp³-hybridized carbons (Fsp3) is 0.619. The average Bonchev–Trinajstić information content (AvgIpc) is 3.24. The second kappa shape index (κ2) is 9.47. The first-order chi connectivity index (χ1) is 13.4. The molecule has 3 rings (SSSR count). The minimum absolute atomic E-state index is 0.0117. The Morgan fingerprint density at radius 2 is 1.79 bits per heavy atom. The Bertz CT molecular complexity index is 722. The average molecular weight is 426 g/mol. The van der Waals surface area contributed by atoms with Crippen molar-refractivity contribution in [3.8, 4) is 0 Å².